The van der Waals surface area contributed by atoms with Crippen molar-refractivity contribution in [3.63, 3.8) is 0 Å². The van der Waals surface area contributed by atoms with E-state index in [-0.39, 0.29) is 0 Å². The largest absolute Gasteiger partial charge is 0.241 e. The van der Waals surface area contributed by atoms with Gasteiger partial charge in [0.15, 0.2) is 0 Å². The molecule has 0 amide bonds. The second-order valence-electron chi connectivity index (χ2n) is 2.90. The molecule has 78 valence electrons. The van der Waals surface area contributed by atoms with Gasteiger partial charge in [-0.3, -0.25) is 0 Å². The van der Waals surface area contributed by atoms with Gasteiger partial charge in [0.1, 0.15) is 5.82 Å². The number of aryl methyl sites for hydroxylation is 1. The van der Waals surface area contributed by atoms with Crippen LogP contribution in [0.15, 0.2) is 24.4 Å². The lowest BCUT2D eigenvalue weighted by atomic mass is 10.3. The van der Waals surface area contributed by atoms with Crippen molar-refractivity contribution in [1.82, 2.24) is 9.97 Å². The smallest absolute Gasteiger partial charge is 0.130 e. The molecule has 15 heavy (non-hydrogen) atoms. The molecule has 0 fully saturated rings. The van der Waals surface area contributed by atoms with Gasteiger partial charge in [-0.15, -0.1) is 22.9 Å². The van der Waals surface area contributed by atoms with Crippen molar-refractivity contribution in [3.8, 4) is 10.6 Å². The Morgan fingerprint density at radius 1 is 1.27 bits per heavy atom. The van der Waals surface area contributed by atoms with Gasteiger partial charge in [0.2, 0.25) is 0 Å². The van der Waals surface area contributed by atoms with Crippen LogP contribution in [0.1, 0.15) is 5.82 Å². The summed E-state index contributed by atoms with van der Waals surface area (Å²) in [6.07, 6.45) is 2.44. The SMILES string of the molecule is ClCCc1nccc(-c2ccc(Cl)s2)n1. The van der Waals surface area contributed by atoms with Gasteiger partial charge in [-0.1, -0.05) is 11.6 Å². The average molecular weight is 259 g/mol. The number of halogens is 2. The second kappa shape index (κ2) is 4.92. The summed E-state index contributed by atoms with van der Waals surface area (Å²) in [5, 5.41) is 0. The first-order chi connectivity index (χ1) is 7.29. The van der Waals surface area contributed by atoms with E-state index in [2.05, 4.69) is 9.97 Å². The molecule has 0 bridgehead atoms. The van der Waals surface area contributed by atoms with E-state index in [1.54, 1.807) is 6.20 Å². The molecule has 0 radical (unpaired) electrons. The Bertz CT molecular complexity index is 456. The van der Waals surface area contributed by atoms with Gasteiger partial charge in [-0.25, -0.2) is 9.97 Å². The molecule has 0 spiro atoms. The zero-order valence-electron chi connectivity index (χ0n) is 7.78. The molecule has 2 aromatic rings. The van der Waals surface area contributed by atoms with Crippen molar-refractivity contribution >= 4 is 34.5 Å². The molecule has 2 heterocycles. The lowest BCUT2D eigenvalue weighted by molar-refractivity contribution is 0.949. The highest BCUT2D eigenvalue weighted by Crippen LogP contribution is 2.29. The molecule has 0 aliphatic carbocycles. The van der Waals surface area contributed by atoms with Gasteiger partial charge in [-0.2, -0.15) is 0 Å². The summed E-state index contributed by atoms with van der Waals surface area (Å²) in [5.41, 5.74) is 0.905. The van der Waals surface area contributed by atoms with Crippen LogP contribution in [0.3, 0.4) is 0 Å². The topological polar surface area (TPSA) is 25.8 Å². The number of alkyl halides is 1. The highest BCUT2D eigenvalue weighted by molar-refractivity contribution is 7.19. The number of hydrogen-bond acceptors (Lipinski definition) is 3. The van der Waals surface area contributed by atoms with Crippen molar-refractivity contribution in [2.75, 3.05) is 5.88 Å². The van der Waals surface area contributed by atoms with Crippen molar-refractivity contribution < 1.29 is 0 Å². The minimum atomic E-state index is 0.536. The fourth-order valence-corrected chi connectivity index (χ4v) is 2.38. The highest BCUT2D eigenvalue weighted by atomic mass is 35.5. The van der Waals surface area contributed by atoms with Crippen LogP contribution in [0.2, 0.25) is 4.34 Å². The van der Waals surface area contributed by atoms with Crippen LogP contribution in [-0.4, -0.2) is 15.8 Å². The van der Waals surface area contributed by atoms with Crippen LogP contribution < -0.4 is 0 Å². The van der Waals surface area contributed by atoms with Crippen LogP contribution >= 0.6 is 34.5 Å². The maximum absolute atomic E-state index is 5.87. The van der Waals surface area contributed by atoms with Gasteiger partial charge < -0.3 is 0 Å². The Balaban J connectivity index is 2.32. The molecule has 0 aliphatic rings. The van der Waals surface area contributed by atoms with E-state index in [0.29, 0.717) is 12.3 Å². The fraction of sp³-hybridized carbons (Fsp3) is 0.200. The molecule has 2 nitrogen and oxygen atoms in total. The van der Waals surface area contributed by atoms with Gasteiger partial charge in [0.05, 0.1) is 14.9 Å². The van der Waals surface area contributed by atoms with Gasteiger partial charge in [0.25, 0.3) is 0 Å². The van der Waals surface area contributed by atoms with E-state index < -0.39 is 0 Å². The predicted octanol–water partition coefficient (Wildman–Crippen LogP) is 3.64. The average Bonchev–Trinajstić information content (AvgIpc) is 2.66. The standard InChI is InChI=1S/C10H8Cl2N2S/c11-5-3-10-13-6-4-7(14-10)8-1-2-9(12)15-8/h1-2,4,6H,3,5H2. The monoisotopic (exact) mass is 258 g/mol. The normalized spacial score (nSPS) is 10.5. The molecule has 0 aromatic carbocycles. The lowest BCUT2D eigenvalue weighted by Gasteiger charge is -1.99. The summed E-state index contributed by atoms with van der Waals surface area (Å²) in [6.45, 7) is 0. The third-order valence-electron chi connectivity index (χ3n) is 1.85. The zero-order chi connectivity index (χ0) is 10.7. The van der Waals surface area contributed by atoms with Gasteiger partial charge >= 0.3 is 0 Å². The molecule has 0 N–H and O–H groups in total. The Kier molecular flexibility index (Phi) is 3.57. The van der Waals surface area contributed by atoms with Crippen LogP contribution in [0.5, 0.6) is 0 Å². The minimum absolute atomic E-state index is 0.536. The first-order valence-electron chi connectivity index (χ1n) is 4.43. The van der Waals surface area contributed by atoms with Gasteiger partial charge in [0, 0.05) is 18.5 Å². The summed E-state index contributed by atoms with van der Waals surface area (Å²) < 4.78 is 0.766. The quantitative estimate of drug-likeness (QED) is 0.786. The first kappa shape index (κ1) is 10.9. The molecule has 0 aliphatic heterocycles. The van der Waals surface area contributed by atoms with E-state index in [1.807, 2.05) is 18.2 Å². The molecular formula is C10H8Cl2N2S. The highest BCUT2D eigenvalue weighted by Gasteiger charge is 2.04. The fourth-order valence-electron chi connectivity index (χ4n) is 1.19. The van der Waals surface area contributed by atoms with Crippen molar-refractivity contribution in [2.45, 2.75) is 6.42 Å². The van der Waals surface area contributed by atoms with Crippen LogP contribution in [-0.2, 0) is 6.42 Å². The molecule has 0 atom stereocenters. The maximum atomic E-state index is 5.87. The summed E-state index contributed by atoms with van der Waals surface area (Å²) in [7, 11) is 0. The third-order valence-corrected chi connectivity index (χ3v) is 3.29. The van der Waals surface area contributed by atoms with Crippen molar-refractivity contribution in [1.29, 1.82) is 0 Å². The first-order valence-corrected chi connectivity index (χ1v) is 6.16. The molecule has 0 saturated carbocycles. The molecule has 0 unspecified atom stereocenters. The molecule has 0 saturated heterocycles. The number of thiophene rings is 1. The Morgan fingerprint density at radius 2 is 2.13 bits per heavy atom. The van der Waals surface area contributed by atoms with Gasteiger partial charge in [-0.05, 0) is 18.2 Å². The molecular weight excluding hydrogens is 251 g/mol. The summed E-state index contributed by atoms with van der Waals surface area (Å²) in [6, 6.07) is 5.70. The van der Waals surface area contributed by atoms with E-state index in [4.69, 9.17) is 23.2 Å². The van der Waals surface area contributed by atoms with E-state index in [0.717, 1.165) is 20.7 Å². The molecule has 2 aromatic heterocycles. The van der Waals surface area contributed by atoms with E-state index in [9.17, 15) is 0 Å². The van der Waals surface area contributed by atoms with Crippen molar-refractivity contribution in [2.24, 2.45) is 0 Å². The van der Waals surface area contributed by atoms with E-state index in [1.165, 1.54) is 11.3 Å². The van der Waals surface area contributed by atoms with E-state index >= 15 is 0 Å². The summed E-state index contributed by atoms with van der Waals surface area (Å²) >= 11 is 13.0. The summed E-state index contributed by atoms with van der Waals surface area (Å²) in [4.78, 5) is 9.59. The Morgan fingerprint density at radius 3 is 2.80 bits per heavy atom. The molecule has 2 rings (SSSR count). The Hall–Kier alpha value is -0.640. The molecule has 5 heteroatoms. The number of aromatic nitrogens is 2. The second-order valence-corrected chi connectivity index (χ2v) is 4.99. The number of nitrogens with zero attached hydrogens (tertiary/aromatic N) is 2. The summed E-state index contributed by atoms with van der Waals surface area (Å²) in [5.74, 6) is 1.31. The maximum Gasteiger partial charge on any atom is 0.130 e. The minimum Gasteiger partial charge on any atom is -0.241 e. The van der Waals surface area contributed by atoms with Crippen LogP contribution in [0.25, 0.3) is 10.6 Å². The predicted molar refractivity (Wildman–Crippen MR) is 64.8 cm³/mol. The zero-order valence-corrected chi connectivity index (χ0v) is 10.1. The Labute approximate surface area is 102 Å². The van der Waals surface area contributed by atoms with Crippen LogP contribution in [0, 0.1) is 0 Å². The number of rotatable bonds is 3. The van der Waals surface area contributed by atoms with Crippen LogP contribution in [0.4, 0.5) is 0 Å². The third kappa shape index (κ3) is 2.68. The van der Waals surface area contributed by atoms with Crippen molar-refractivity contribution in [3.05, 3.63) is 34.6 Å². The number of hydrogen-bond donors (Lipinski definition) is 0. The lowest BCUT2D eigenvalue weighted by Crippen LogP contribution is -1.96.